The molecule has 0 saturated heterocycles. The molecule has 4 nitrogen and oxygen atoms in total. The predicted molar refractivity (Wildman–Crippen MR) is 42.7 cm³/mol. The van der Waals surface area contributed by atoms with E-state index >= 15 is 0 Å². The Kier molecular flexibility index (Phi) is 4.31. The summed E-state index contributed by atoms with van der Waals surface area (Å²) in [5, 5.41) is 0. The molecule has 0 amide bonds. The van der Waals surface area contributed by atoms with E-state index < -0.39 is 20.4 Å². The lowest BCUT2D eigenvalue weighted by atomic mass is 10.1. The van der Waals surface area contributed by atoms with Gasteiger partial charge in [-0.3, -0.25) is 0 Å². The molecule has 0 aliphatic rings. The summed E-state index contributed by atoms with van der Waals surface area (Å²) in [5.74, 6) is 2.29. The van der Waals surface area contributed by atoms with Crippen molar-refractivity contribution < 1.29 is 18.6 Å². The molecular weight excluding hydrogens is 179 g/mol. The van der Waals surface area contributed by atoms with Crippen LogP contribution in [-0.2, 0) is 13.8 Å². The Morgan fingerprint density at radius 1 is 1.75 bits per heavy atom. The molecule has 0 fully saturated rings. The van der Waals surface area contributed by atoms with Gasteiger partial charge < -0.3 is 9.26 Å². The van der Waals surface area contributed by atoms with E-state index in [-0.39, 0.29) is 0 Å². The molecule has 0 aliphatic carbocycles. The summed E-state index contributed by atoms with van der Waals surface area (Å²) in [5.41, 5.74) is -0.984. The summed E-state index contributed by atoms with van der Waals surface area (Å²) in [6.07, 6.45) is 4.53. The minimum absolute atomic E-state index is 0.467. The molecule has 1 atom stereocenters. The lowest BCUT2D eigenvalue weighted by Gasteiger charge is -2.19. The molecule has 0 N–H and O–H groups in total. The van der Waals surface area contributed by atoms with Gasteiger partial charge in [-0.2, -0.15) is 0 Å². The number of rotatable bonds is 3. The van der Waals surface area contributed by atoms with Gasteiger partial charge >= 0.3 is 14.8 Å². The van der Waals surface area contributed by atoms with E-state index in [4.69, 9.17) is 6.42 Å². The van der Waals surface area contributed by atoms with Gasteiger partial charge in [-0.15, -0.1) is 6.42 Å². The first-order valence-electron chi connectivity index (χ1n) is 3.28. The van der Waals surface area contributed by atoms with Gasteiger partial charge in [-0.25, -0.2) is 9.36 Å². The quantitative estimate of drug-likeness (QED) is 0.386. The van der Waals surface area contributed by atoms with Crippen LogP contribution >= 0.6 is 8.69 Å². The molecule has 0 spiro atoms. The monoisotopic (exact) mass is 188 g/mol. The van der Waals surface area contributed by atoms with Crippen LogP contribution in [0.5, 0.6) is 0 Å². The molecular formula is C7H9O4P. The smallest absolute Gasteiger partial charge is 0.414 e. The maximum absolute atomic E-state index is 10.6. The number of carbonyl (C=O) groups excluding carboxylic acids is 1. The molecule has 5 heteroatoms. The lowest BCUT2D eigenvalue weighted by Crippen LogP contribution is -2.28. The maximum atomic E-state index is 10.6. The highest BCUT2D eigenvalue weighted by Crippen LogP contribution is 2.15. The first-order chi connectivity index (χ1) is 5.58. The number of hydrogen-bond donors (Lipinski definition) is 0. The third-order valence-corrected chi connectivity index (χ3v) is 1.62. The fourth-order valence-electron chi connectivity index (χ4n) is 0.437. The van der Waals surface area contributed by atoms with Crippen LogP contribution in [0.25, 0.3) is 0 Å². The highest BCUT2D eigenvalue weighted by molar-refractivity contribution is 7.18. The molecule has 1 unspecified atom stereocenters. The largest absolute Gasteiger partial charge is 0.520 e. The summed E-state index contributed by atoms with van der Waals surface area (Å²) < 4.78 is 18.5. The van der Waals surface area contributed by atoms with Crippen LogP contribution in [0.4, 0.5) is 4.79 Å². The van der Waals surface area contributed by atoms with Crippen molar-refractivity contribution in [1.29, 1.82) is 0 Å². The van der Waals surface area contributed by atoms with Crippen molar-refractivity contribution in [2.24, 2.45) is 0 Å². The first-order valence-corrected chi connectivity index (χ1v) is 4.01. The van der Waals surface area contributed by atoms with Crippen LogP contribution in [0.3, 0.4) is 0 Å². The van der Waals surface area contributed by atoms with Crippen molar-refractivity contribution in [3.05, 3.63) is 0 Å². The van der Waals surface area contributed by atoms with Gasteiger partial charge in [0.25, 0.3) is 0 Å². The summed E-state index contributed by atoms with van der Waals surface area (Å²) in [6.45, 7) is 3.33. The van der Waals surface area contributed by atoms with Crippen LogP contribution in [0.1, 0.15) is 20.3 Å². The molecule has 0 aromatic carbocycles. The fourth-order valence-corrected chi connectivity index (χ4v) is 0.535. The zero-order valence-corrected chi connectivity index (χ0v) is 7.76. The van der Waals surface area contributed by atoms with Crippen LogP contribution in [-0.4, -0.2) is 11.8 Å². The molecule has 0 saturated carbocycles. The van der Waals surface area contributed by atoms with Gasteiger partial charge in [0.15, 0.2) is 5.60 Å². The van der Waals surface area contributed by atoms with Crippen LogP contribution in [0, 0.1) is 12.3 Å². The molecule has 0 heterocycles. The van der Waals surface area contributed by atoms with Crippen molar-refractivity contribution in [3.63, 3.8) is 0 Å². The SMILES string of the molecule is C#CC(C)(CC)OC(=O)OP=O. The van der Waals surface area contributed by atoms with Gasteiger partial charge in [-0.05, 0) is 13.3 Å². The van der Waals surface area contributed by atoms with E-state index in [9.17, 15) is 9.36 Å². The Morgan fingerprint density at radius 3 is 2.67 bits per heavy atom. The first kappa shape index (κ1) is 10.9. The summed E-state index contributed by atoms with van der Waals surface area (Å²) in [4.78, 5) is 10.6. The highest BCUT2D eigenvalue weighted by atomic mass is 31.1. The van der Waals surface area contributed by atoms with E-state index in [0.29, 0.717) is 6.42 Å². The van der Waals surface area contributed by atoms with Crippen molar-refractivity contribution in [2.45, 2.75) is 25.9 Å². The topological polar surface area (TPSA) is 52.6 Å². The van der Waals surface area contributed by atoms with Crippen molar-refractivity contribution in [3.8, 4) is 12.3 Å². The Bertz CT molecular complexity index is 220. The summed E-state index contributed by atoms with van der Waals surface area (Å²) in [7, 11) is -0.744. The van der Waals surface area contributed by atoms with E-state index in [1.54, 1.807) is 13.8 Å². The number of carbonyl (C=O) groups is 1. The molecule has 0 aromatic rings. The molecule has 12 heavy (non-hydrogen) atoms. The Morgan fingerprint density at radius 2 is 2.33 bits per heavy atom. The van der Waals surface area contributed by atoms with Crippen LogP contribution in [0.2, 0.25) is 0 Å². The minimum atomic E-state index is -1.03. The Balaban J connectivity index is 4.14. The van der Waals surface area contributed by atoms with Crippen molar-refractivity contribution >= 4 is 14.8 Å². The van der Waals surface area contributed by atoms with E-state index in [1.807, 2.05) is 0 Å². The van der Waals surface area contributed by atoms with E-state index in [2.05, 4.69) is 15.2 Å². The third-order valence-electron chi connectivity index (χ3n) is 1.40. The normalized spacial score (nSPS) is 14.4. The molecule has 0 aromatic heterocycles. The van der Waals surface area contributed by atoms with Crippen molar-refractivity contribution in [1.82, 2.24) is 0 Å². The molecule has 0 bridgehead atoms. The molecule has 0 aliphatic heterocycles. The average molecular weight is 188 g/mol. The van der Waals surface area contributed by atoms with Crippen molar-refractivity contribution in [2.75, 3.05) is 0 Å². The predicted octanol–water partition coefficient (Wildman–Crippen LogP) is 2.15. The molecule has 66 valence electrons. The van der Waals surface area contributed by atoms with Crippen LogP contribution in [0.15, 0.2) is 0 Å². The van der Waals surface area contributed by atoms with Gasteiger partial charge in [0.2, 0.25) is 0 Å². The number of hydrogen-bond acceptors (Lipinski definition) is 4. The molecule has 0 radical (unpaired) electrons. The van der Waals surface area contributed by atoms with Gasteiger partial charge in [0, 0.05) is 0 Å². The second kappa shape index (κ2) is 4.74. The van der Waals surface area contributed by atoms with Gasteiger partial charge in [0.05, 0.1) is 0 Å². The Hall–Kier alpha value is -1.07. The minimum Gasteiger partial charge on any atom is -0.414 e. The summed E-state index contributed by atoms with van der Waals surface area (Å²) >= 11 is 0. The second-order valence-electron chi connectivity index (χ2n) is 2.25. The summed E-state index contributed by atoms with van der Waals surface area (Å²) in [6, 6.07) is 0. The van der Waals surface area contributed by atoms with Gasteiger partial charge in [0.1, 0.15) is 0 Å². The third kappa shape index (κ3) is 3.36. The Labute approximate surface area is 72.5 Å². The standard InChI is InChI=1S/C7H9O4P/c1-4-7(3,5-2)10-6(8)11-12-9/h1H,5H2,2-3H3. The molecule has 0 rings (SSSR count). The number of ether oxygens (including phenoxy) is 1. The van der Waals surface area contributed by atoms with E-state index in [1.165, 1.54) is 0 Å². The number of terminal acetylenes is 1. The van der Waals surface area contributed by atoms with E-state index in [0.717, 1.165) is 0 Å². The average Bonchev–Trinajstić information content (AvgIpc) is 2.05. The zero-order chi connectivity index (χ0) is 9.61. The van der Waals surface area contributed by atoms with Gasteiger partial charge in [-0.1, -0.05) is 12.8 Å². The lowest BCUT2D eigenvalue weighted by molar-refractivity contribution is 0.0330. The zero-order valence-electron chi connectivity index (χ0n) is 6.86. The second-order valence-corrected chi connectivity index (χ2v) is 2.58. The van der Waals surface area contributed by atoms with Crippen LogP contribution < -0.4 is 0 Å². The highest BCUT2D eigenvalue weighted by Gasteiger charge is 2.24. The maximum Gasteiger partial charge on any atom is 0.520 e. The fraction of sp³-hybridized carbons (Fsp3) is 0.571.